The second-order valence-corrected chi connectivity index (χ2v) is 13.2. The van der Waals surface area contributed by atoms with Crippen molar-refractivity contribution in [3.05, 3.63) is 59.1 Å². The Hall–Kier alpha value is -3.07. The van der Waals surface area contributed by atoms with Crippen LogP contribution in [0.5, 0.6) is 6.01 Å². The summed E-state index contributed by atoms with van der Waals surface area (Å²) >= 11 is 6.81. The molecule has 1 saturated carbocycles. The Morgan fingerprint density at radius 1 is 0.884 bits per heavy atom. The number of fused-ring (bicyclic) bond motifs is 7. The van der Waals surface area contributed by atoms with Crippen LogP contribution in [0.1, 0.15) is 44.9 Å². The lowest BCUT2D eigenvalue weighted by Crippen LogP contribution is -2.51. The van der Waals surface area contributed by atoms with Crippen molar-refractivity contribution in [2.24, 2.45) is 5.92 Å². The Balaban J connectivity index is 1.17. The molecular weight excluding hydrogens is 568 g/mol. The van der Waals surface area contributed by atoms with E-state index in [4.69, 9.17) is 21.3 Å². The van der Waals surface area contributed by atoms with Crippen molar-refractivity contribution in [2.75, 3.05) is 37.7 Å². The van der Waals surface area contributed by atoms with E-state index in [9.17, 15) is 0 Å². The van der Waals surface area contributed by atoms with Gasteiger partial charge >= 0.3 is 6.01 Å². The minimum absolute atomic E-state index is 0.0135. The lowest BCUT2D eigenvalue weighted by Gasteiger charge is -2.45. The SMILES string of the molecule is Fc1ccc2ccccc2c1-c1c(Cl)cc2c(N3CC4CCC(C3)N4)nc(OCCCN3CC4CCC3CC4)nc2c1F. The minimum atomic E-state index is -0.659. The predicted octanol–water partition coefficient (Wildman–Crippen LogP) is 6.97. The van der Waals surface area contributed by atoms with E-state index in [1.165, 1.54) is 38.3 Å². The van der Waals surface area contributed by atoms with Crippen LogP contribution in [0.25, 0.3) is 32.8 Å². The number of halogens is 3. The Kier molecular flexibility index (Phi) is 7.11. The summed E-state index contributed by atoms with van der Waals surface area (Å²) < 4.78 is 38.3. The first-order valence-electron chi connectivity index (χ1n) is 15.8. The van der Waals surface area contributed by atoms with Gasteiger partial charge in [-0.15, -0.1) is 0 Å². The Labute approximate surface area is 255 Å². The zero-order chi connectivity index (χ0) is 29.1. The molecule has 2 unspecified atom stereocenters. The summed E-state index contributed by atoms with van der Waals surface area (Å²) in [6.07, 6.45) is 8.39. The summed E-state index contributed by atoms with van der Waals surface area (Å²) in [4.78, 5) is 14.3. The van der Waals surface area contributed by atoms with Crippen molar-refractivity contribution in [3.63, 3.8) is 0 Å². The van der Waals surface area contributed by atoms with Crippen molar-refractivity contribution >= 4 is 39.1 Å². The minimum Gasteiger partial charge on any atom is -0.463 e. The summed E-state index contributed by atoms with van der Waals surface area (Å²) in [5.74, 6) is 0.267. The fourth-order valence-corrected chi connectivity index (χ4v) is 8.33. The molecule has 9 heteroatoms. The molecule has 9 rings (SSSR count). The number of nitrogens with zero attached hydrogens (tertiary/aromatic N) is 4. The number of anilines is 1. The Morgan fingerprint density at radius 3 is 2.44 bits per heavy atom. The molecule has 5 aliphatic rings. The first-order valence-corrected chi connectivity index (χ1v) is 16.1. The number of hydrogen-bond donors (Lipinski definition) is 1. The number of nitrogens with one attached hydrogen (secondary N) is 1. The van der Waals surface area contributed by atoms with Gasteiger partial charge in [0.05, 0.1) is 11.6 Å². The number of rotatable bonds is 7. The summed E-state index contributed by atoms with van der Waals surface area (Å²) in [7, 11) is 0. The van der Waals surface area contributed by atoms with Crippen LogP contribution >= 0.6 is 11.6 Å². The molecule has 3 aromatic carbocycles. The first-order chi connectivity index (χ1) is 21.0. The van der Waals surface area contributed by atoms with E-state index in [0.29, 0.717) is 41.3 Å². The number of benzene rings is 3. The van der Waals surface area contributed by atoms with Gasteiger partial charge in [-0.3, -0.25) is 4.90 Å². The summed E-state index contributed by atoms with van der Waals surface area (Å²) in [6.45, 7) is 4.14. The van der Waals surface area contributed by atoms with Crippen LogP contribution in [0.3, 0.4) is 0 Å². The smallest absolute Gasteiger partial charge is 0.319 e. The van der Waals surface area contributed by atoms with Gasteiger partial charge in [0.15, 0.2) is 5.82 Å². The van der Waals surface area contributed by atoms with E-state index in [2.05, 4.69) is 20.1 Å². The van der Waals surface area contributed by atoms with Crippen molar-refractivity contribution in [2.45, 2.75) is 63.1 Å². The molecule has 43 heavy (non-hydrogen) atoms. The molecule has 5 fully saturated rings. The van der Waals surface area contributed by atoms with Crippen molar-refractivity contribution in [3.8, 4) is 17.1 Å². The highest BCUT2D eigenvalue weighted by Gasteiger charge is 2.35. The van der Waals surface area contributed by atoms with Crippen molar-refractivity contribution < 1.29 is 13.5 Å². The molecule has 0 amide bonds. The van der Waals surface area contributed by atoms with Crippen LogP contribution in [0.4, 0.5) is 14.6 Å². The molecule has 0 spiro atoms. The molecule has 0 radical (unpaired) electrons. The highest BCUT2D eigenvalue weighted by Crippen LogP contribution is 2.43. The molecule has 224 valence electrons. The van der Waals surface area contributed by atoms with Gasteiger partial charge in [-0.1, -0.05) is 41.9 Å². The average molecular weight is 604 g/mol. The van der Waals surface area contributed by atoms with E-state index >= 15 is 8.78 Å². The molecular formula is C34H36ClF2N5O. The predicted molar refractivity (Wildman–Crippen MR) is 167 cm³/mol. The van der Waals surface area contributed by atoms with Crippen LogP contribution in [-0.4, -0.2) is 65.8 Å². The topological polar surface area (TPSA) is 53.5 Å². The molecule has 4 aliphatic heterocycles. The maximum atomic E-state index is 16.7. The largest absolute Gasteiger partial charge is 0.463 e. The number of piperidine rings is 2. The zero-order valence-corrected chi connectivity index (χ0v) is 24.9. The highest BCUT2D eigenvalue weighted by atomic mass is 35.5. The second-order valence-electron chi connectivity index (χ2n) is 12.8. The molecule has 4 aromatic rings. The maximum Gasteiger partial charge on any atom is 0.319 e. The van der Waals surface area contributed by atoms with E-state index in [1.54, 1.807) is 18.2 Å². The lowest BCUT2D eigenvalue weighted by atomic mass is 9.80. The van der Waals surface area contributed by atoms with Crippen LogP contribution in [0.15, 0.2) is 42.5 Å². The van der Waals surface area contributed by atoms with Gasteiger partial charge in [0.2, 0.25) is 0 Å². The van der Waals surface area contributed by atoms with E-state index in [0.717, 1.165) is 50.2 Å². The van der Waals surface area contributed by atoms with Gasteiger partial charge in [-0.25, -0.2) is 8.78 Å². The molecule has 4 saturated heterocycles. The summed E-state index contributed by atoms with van der Waals surface area (Å²) in [5.41, 5.74) is 0.256. The van der Waals surface area contributed by atoms with Crippen LogP contribution < -0.4 is 15.0 Å². The number of ether oxygens (including phenoxy) is 1. The van der Waals surface area contributed by atoms with Crippen molar-refractivity contribution in [1.29, 1.82) is 0 Å². The molecule has 6 nitrogen and oxygen atoms in total. The standard InChI is InChI=1S/C34H36ClF2N5O/c35-27-16-26-32(31(37)30(27)29-25-5-2-1-4-21(25)8-13-28(29)36)39-34(40-33(26)42-18-22-9-10-23(19-42)38-22)43-15-3-14-41-17-20-6-11-24(41)12-7-20/h1-2,4-5,8,13,16,20,22-24,38H,3,6-7,9-12,14-15,17-19H2. The van der Waals surface area contributed by atoms with Crippen molar-refractivity contribution in [1.82, 2.24) is 20.2 Å². The van der Waals surface area contributed by atoms with Crippen LogP contribution in [0, 0.1) is 17.6 Å². The third kappa shape index (κ3) is 5.01. The molecule has 1 aromatic heterocycles. The number of piperazine rings is 1. The van der Waals surface area contributed by atoms with Gasteiger partial charge in [-0.2, -0.15) is 9.97 Å². The fourth-order valence-electron chi connectivity index (χ4n) is 8.04. The third-order valence-corrected chi connectivity index (χ3v) is 10.4. The van der Waals surface area contributed by atoms with Gasteiger partial charge in [0.1, 0.15) is 17.2 Å². The number of hydrogen-bond acceptors (Lipinski definition) is 6. The van der Waals surface area contributed by atoms with Crippen LogP contribution in [-0.2, 0) is 0 Å². The average Bonchev–Trinajstić information content (AvgIpc) is 3.37. The molecule has 2 atom stereocenters. The normalized spacial score (nSPS) is 25.2. The third-order valence-electron chi connectivity index (χ3n) is 10.1. The quantitative estimate of drug-likeness (QED) is 0.230. The molecule has 5 heterocycles. The summed E-state index contributed by atoms with van der Waals surface area (Å²) in [6, 6.07) is 13.7. The molecule has 1 aliphatic carbocycles. The molecule has 4 bridgehead atoms. The van der Waals surface area contributed by atoms with Crippen LogP contribution in [0.2, 0.25) is 5.02 Å². The number of aromatic nitrogens is 2. The lowest BCUT2D eigenvalue weighted by molar-refractivity contribution is 0.0449. The van der Waals surface area contributed by atoms with Gasteiger partial charge in [0, 0.05) is 60.8 Å². The molecule has 1 N–H and O–H groups in total. The van der Waals surface area contributed by atoms with Gasteiger partial charge in [0.25, 0.3) is 0 Å². The van der Waals surface area contributed by atoms with E-state index in [-0.39, 0.29) is 27.7 Å². The second kappa shape index (κ2) is 11.1. The van der Waals surface area contributed by atoms with Gasteiger partial charge in [-0.05, 0) is 73.8 Å². The van der Waals surface area contributed by atoms with E-state index in [1.807, 2.05) is 18.2 Å². The first kappa shape index (κ1) is 27.5. The maximum absolute atomic E-state index is 16.7. The highest BCUT2D eigenvalue weighted by molar-refractivity contribution is 6.35. The Bertz CT molecular complexity index is 1680. The monoisotopic (exact) mass is 603 g/mol. The van der Waals surface area contributed by atoms with E-state index < -0.39 is 11.6 Å². The fraction of sp³-hybridized carbons (Fsp3) is 0.471. The van der Waals surface area contributed by atoms with Gasteiger partial charge < -0.3 is 15.0 Å². The summed E-state index contributed by atoms with van der Waals surface area (Å²) in [5, 5.41) is 5.70. The zero-order valence-electron chi connectivity index (χ0n) is 24.2. The Morgan fingerprint density at radius 2 is 1.67 bits per heavy atom.